The molecule has 1 saturated heterocycles. The second kappa shape index (κ2) is 14.9. The van der Waals surface area contributed by atoms with Crippen LogP contribution in [0.25, 0.3) is 0 Å². The molecule has 7 nitrogen and oxygen atoms in total. The maximum Gasteiger partial charge on any atom is 0.191 e. The van der Waals surface area contributed by atoms with Gasteiger partial charge >= 0.3 is 0 Å². The zero-order chi connectivity index (χ0) is 21.9. The lowest BCUT2D eigenvalue weighted by atomic mass is 10.0. The molecule has 0 bridgehead atoms. The Morgan fingerprint density at radius 1 is 1.16 bits per heavy atom. The van der Waals surface area contributed by atoms with Gasteiger partial charge < -0.3 is 25.0 Å². The van der Waals surface area contributed by atoms with E-state index < -0.39 is 0 Å². The van der Waals surface area contributed by atoms with Crippen LogP contribution in [0, 0.1) is 5.92 Å². The second-order valence-corrected chi connectivity index (χ2v) is 8.31. The number of aliphatic imine (C=N–C) groups is 1. The molecule has 0 aromatic heterocycles. The van der Waals surface area contributed by atoms with Gasteiger partial charge in [0.25, 0.3) is 0 Å². The van der Waals surface area contributed by atoms with Crippen molar-refractivity contribution in [2.24, 2.45) is 10.9 Å². The van der Waals surface area contributed by atoms with Gasteiger partial charge in [-0.15, -0.1) is 24.0 Å². The van der Waals surface area contributed by atoms with Crippen LogP contribution in [0.2, 0.25) is 0 Å². The fraction of sp³-hybridized carbons (Fsp3) is 0.696. The Bertz CT molecular complexity index is 633. The summed E-state index contributed by atoms with van der Waals surface area (Å²) in [6, 6.07) is 8.95. The predicted molar refractivity (Wildman–Crippen MR) is 140 cm³/mol. The number of morpholine rings is 1. The summed E-state index contributed by atoms with van der Waals surface area (Å²) < 4.78 is 10.8. The number of hydrogen-bond acceptors (Lipinski definition) is 5. The van der Waals surface area contributed by atoms with Crippen LogP contribution in [0.4, 0.5) is 0 Å². The molecular formula is C23H42IN5O2. The van der Waals surface area contributed by atoms with E-state index in [1.54, 1.807) is 7.11 Å². The molecule has 0 amide bonds. The summed E-state index contributed by atoms with van der Waals surface area (Å²) >= 11 is 0. The summed E-state index contributed by atoms with van der Waals surface area (Å²) in [5, 5.41) is 6.95. The first-order valence-electron chi connectivity index (χ1n) is 11.1. The first kappa shape index (κ1) is 27.9. The lowest BCUT2D eigenvalue weighted by Crippen LogP contribution is -2.48. The molecule has 1 aliphatic heterocycles. The topological polar surface area (TPSA) is 61.4 Å². The number of ether oxygens (including phenoxy) is 2. The monoisotopic (exact) mass is 547 g/mol. The van der Waals surface area contributed by atoms with E-state index in [0.29, 0.717) is 12.0 Å². The van der Waals surface area contributed by atoms with E-state index in [1.165, 1.54) is 5.56 Å². The molecule has 8 heteroatoms. The molecule has 178 valence electrons. The summed E-state index contributed by atoms with van der Waals surface area (Å²) in [6.07, 6.45) is 0. The van der Waals surface area contributed by atoms with E-state index in [2.05, 4.69) is 67.4 Å². The zero-order valence-corrected chi connectivity index (χ0v) is 22.4. The Labute approximate surface area is 206 Å². The molecule has 1 fully saturated rings. The molecular weight excluding hydrogens is 505 g/mol. The maximum atomic E-state index is 5.52. The summed E-state index contributed by atoms with van der Waals surface area (Å²) in [4.78, 5) is 9.68. The molecule has 2 N–H and O–H groups in total. The van der Waals surface area contributed by atoms with Gasteiger partial charge in [-0.1, -0.05) is 26.0 Å². The largest absolute Gasteiger partial charge is 0.497 e. The average molecular weight is 548 g/mol. The number of nitrogens with one attached hydrogen (secondary N) is 2. The zero-order valence-electron chi connectivity index (χ0n) is 20.1. The van der Waals surface area contributed by atoms with Crippen molar-refractivity contribution in [2.75, 3.05) is 67.1 Å². The highest BCUT2D eigenvalue weighted by Crippen LogP contribution is 2.20. The number of guanidine groups is 1. The van der Waals surface area contributed by atoms with Crippen molar-refractivity contribution in [1.29, 1.82) is 0 Å². The molecule has 2 rings (SSSR count). The Hall–Kier alpha value is -1.10. The smallest absolute Gasteiger partial charge is 0.191 e. The summed E-state index contributed by atoms with van der Waals surface area (Å²) in [6.45, 7) is 12.7. The minimum absolute atomic E-state index is 0. The molecule has 2 atom stereocenters. The lowest BCUT2D eigenvalue weighted by molar-refractivity contribution is 0.00867. The van der Waals surface area contributed by atoms with Crippen molar-refractivity contribution in [2.45, 2.75) is 32.9 Å². The third-order valence-electron chi connectivity index (χ3n) is 5.65. The van der Waals surface area contributed by atoms with Crippen molar-refractivity contribution < 1.29 is 9.47 Å². The van der Waals surface area contributed by atoms with E-state index >= 15 is 0 Å². The normalized spacial score (nSPS) is 17.2. The predicted octanol–water partition coefficient (Wildman–Crippen LogP) is 2.83. The van der Waals surface area contributed by atoms with Crippen LogP contribution in [-0.4, -0.2) is 88.9 Å². The van der Waals surface area contributed by atoms with Crippen LogP contribution in [0.3, 0.4) is 0 Å². The third-order valence-corrected chi connectivity index (χ3v) is 5.65. The van der Waals surface area contributed by atoms with Crippen molar-refractivity contribution >= 4 is 29.9 Å². The maximum absolute atomic E-state index is 5.52. The SMILES string of the molecule is CCNC(=NCC(C(C)C)N1CCOCC1)NCC(c1ccc(OC)cc1)N(C)C.I. The minimum Gasteiger partial charge on any atom is -0.497 e. The van der Waals surface area contributed by atoms with Gasteiger partial charge in [0, 0.05) is 32.2 Å². The van der Waals surface area contributed by atoms with Crippen LogP contribution >= 0.6 is 24.0 Å². The Balaban J connectivity index is 0.00000480. The molecule has 0 saturated carbocycles. The molecule has 0 radical (unpaired) electrons. The van der Waals surface area contributed by atoms with Crippen molar-refractivity contribution in [3.05, 3.63) is 29.8 Å². The van der Waals surface area contributed by atoms with Gasteiger partial charge in [0.2, 0.25) is 0 Å². The number of rotatable bonds is 10. The first-order valence-corrected chi connectivity index (χ1v) is 11.1. The van der Waals surface area contributed by atoms with E-state index in [0.717, 1.165) is 57.6 Å². The van der Waals surface area contributed by atoms with Crippen molar-refractivity contribution in [3.63, 3.8) is 0 Å². The summed E-state index contributed by atoms with van der Waals surface area (Å²) in [7, 11) is 5.90. The van der Waals surface area contributed by atoms with E-state index in [1.807, 2.05) is 12.1 Å². The average Bonchev–Trinajstić information content (AvgIpc) is 2.74. The standard InChI is InChI=1S/C23H41N5O2.HI/c1-7-24-23(25-16-21(18(2)3)28-12-14-30-15-13-28)26-17-22(27(4)5)19-8-10-20(29-6)11-9-19;/h8-11,18,21-22H,7,12-17H2,1-6H3,(H2,24,25,26);1H. The van der Waals surface area contributed by atoms with Gasteiger partial charge in [-0.05, 0) is 44.6 Å². The third kappa shape index (κ3) is 9.11. The highest BCUT2D eigenvalue weighted by molar-refractivity contribution is 14.0. The number of halogens is 1. The fourth-order valence-electron chi connectivity index (χ4n) is 3.80. The van der Waals surface area contributed by atoms with Crippen LogP contribution in [0.1, 0.15) is 32.4 Å². The molecule has 1 aromatic carbocycles. The Kier molecular flexibility index (Phi) is 13.4. The van der Waals surface area contributed by atoms with Crippen LogP contribution < -0.4 is 15.4 Å². The van der Waals surface area contributed by atoms with Gasteiger partial charge in [-0.2, -0.15) is 0 Å². The number of methoxy groups -OCH3 is 1. The quantitative estimate of drug-likeness (QED) is 0.267. The molecule has 2 unspecified atom stereocenters. The van der Waals surface area contributed by atoms with Gasteiger partial charge in [0.1, 0.15) is 5.75 Å². The number of benzene rings is 1. The molecule has 1 heterocycles. The van der Waals surface area contributed by atoms with Gasteiger partial charge in [-0.25, -0.2) is 0 Å². The second-order valence-electron chi connectivity index (χ2n) is 8.31. The highest BCUT2D eigenvalue weighted by atomic mass is 127. The first-order chi connectivity index (χ1) is 14.5. The molecule has 1 aliphatic rings. The lowest BCUT2D eigenvalue weighted by Gasteiger charge is -2.36. The minimum atomic E-state index is 0. The molecule has 1 aromatic rings. The van der Waals surface area contributed by atoms with Crippen molar-refractivity contribution in [1.82, 2.24) is 20.4 Å². The van der Waals surface area contributed by atoms with Crippen LogP contribution in [-0.2, 0) is 4.74 Å². The van der Waals surface area contributed by atoms with E-state index in [4.69, 9.17) is 14.5 Å². The number of hydrogen-bond donors (Lipinski definition) is 2. The molecule has 31 heavy (non-hydrogen) atoms. The molecule has 0 spiro atoms. The fourth-order valence-corrected chi connectivity index (χ4v) is 3.80. The van der Waals surface area contributed by atoms with E-state index in [-0.39, 0.29) is 30.0 Å². The van der Waals surface area contributed by atoms with Crippen LogP contribution in [0.5, 0.6) is 5.75 Å². The molecule has 0 aliphatic carbocycles. The summed E-state index contributed by atoms with van der Waals surface area (Å²) in [5.41, 5.74) is 1.25. The number of likely N-dealkylation sites (N-methyl/N-ethyl adjacent to an activating group) is 1. The van der Waals surface area contributed by atoms with Gasteiger partial charge in [0.15, 0.2) is 5.96 Å². The van der Waals surface area contributed by atoms with Gasteiger partial charge in [-0.3, -0.25) is 9.89 Å². The Morgan fingerprint density at radius 3 is 2.32 bits per heavy atom. The van der Waals surface area contributed by atoms with Crippen molar-refractivity contribution in [3.8, 4) is 5.75 Å². The van der Waals surface area contributed by atoms with Gasteiger partial charge in [0.05, 0.1) is 32.9 Å². The Morgan fingerprint density at radius 2 is 1.81 bits per heavy atom. The van der Waals surface area contributed by atoms with Crippen LogP contribution in [0.15, 0.2) is 29.3 Å². The highest BCUT2D eigenvalue weighted by Gasteiger charge is 2.23. The number of nitrogens with zero attached hydrogens (tertiary/aromatic N) is 3. The van der Waals surface area contributed by atoms with E-state index in [9.17, 15) is 0 Å². The summed E-state index contributed by atoms with van der Waals surface area (Å²) in [5.74, 6) is 2.29.